The van der Waals surface area contributed by atoms with Gasteiger partial charge in [-0.05, 0) is 61.4 Å². The van der Waals surface area contributed by atoms with Crippen LogP contribution >= 0.6 is 0 Å². The Kier molecular flexibility index (Phi) is 6.46. The average molecular weight is 519 g/mol. The van der Waals surface area contributed by atoms with Crippen molar-refractivity contribution in [1.29, 1.82) is 0 Å². The van der Waals surface area contributed by atoms with Gasteiger partial charge in [0, 0.05) is 22.2 Å². The molecule has 1 heterocycles. The highest BCUT2D eigenvalue weighted by Gasteiger charge is 2.56. The average Bonchev–Trinajstić information content (AvgIpc) is 3.74. The summed E-state index contributed by atoms with van der Waals surface area (Å²) in [6, 6.07) is 17.0. The maximum Gasteiger partial charge on any atom is 0.272 e. The van der Waals surface area contributed by atoms with Gasteiger partial charge in [-0.15, -0.1) is 0 Å². The summed E-state index contributed by atoms with van der Waals surface area (Å²) >= 11 is 0. The molecule has 0 saturated heterocycles. The van der Waals surface area contributed by atoms with Gasteiger partial charge < -0.3 is 24.8 Å². The number of halogens is 1. The van der Waals surface area contributed by atoms with Crippen LogP contribution in [0.25, 0.3) is 10.9 Å². The van der Waals surface area contributed by atoms with Crippen molar-refractivity contribution in [1.82, 2.24) is 0 Å². The standard InChI is InChI=1S/C28H24FN3O6/c1-36-24-15-21-22(16-25(24)37-2)32(35)14-11-23(21)38-20-9-7-19(8-10-20)31-27(34)28(12-13-28)26(33)30-18-5-3-17(29)4-6-18/h3-11,14-16H,12-13H2,1-2H3,(H2-,30,31,33,34,35)/p+1. The van der Waals surface area contributed by atoms with E-state index in [1.807, 2.05) is 0 Å². The van der Waals surface area contributed by atoms with Crippen molar-refractivity contribution >= 4 is 34.1 Å². The Balaban J connectivity index is 1.29. The number of rotatable bonds is 8. The maximum atomic E-state index is 13.1. The number of methoxy groups -OCH3 is 2. The van der Waals surface area contributed by atoms with Crippen molar-refractivity contribution in [3.05, 3.63) is 78.7 Å². The number of hydrogen-bond acceptors (Lipinski definition) is 6. The number of fused-ring (bicyclic) bond motifs is 1. The van der Waals surface area contributed by atoms with E-state index in [1.165, 1.54) is 44.7 Å². The first-order valence-corrected chi connectivity index (χ1v) is 11.8. The number of pyridine rings is 1. The highest BCUT2D eigenvalue weighted by molar-refractivity contribution is 6.16. The lowest BCUT2D eigenvalue weighted by atomic mass is 10.0. The van der Waals surface area contributed by atoms with Gasteiger partial charge in [0.2, 0.25) is 18.0 Å². The molecule has 1 aliphatic rings. The number of amides is 2. The lowest BCUT2D eigenvalue weighted by Crippen LogP contribution is -2.35. The fourth-order valence-electron chi connectivity index (χ4n) is 4.10. The maximum absolute atomic E-state index is 13.1. The number of carbonyl (C=O) groups excluding carboxylic acids is 2. The summed E-state index contributed by atoms with van der Waals surface area (Å²) in [5.74, 6) is 0.652. The smallest absolute Gasteiger partial charge is 0.272 e. The first kappa shape index (κ1) is 24.8. The van der Waals surface area contributed by atoms with E-state index in [0.717, 1.165) is 4.73 Å². The van der Waals surface area contributed by atoms with Crippen LogP contribution in [-0.2, 0) is 9.59 Å². The van der Waals surface area contributed by atoms with Crippen molar-refractivity contribution in [2.45, 2.75) is 12.8 Å². The van der Waals surface area contributed by atoms with Crippen LogP contribution < -0.4 is 29.6 Å². The van der Waals surface area contributed by atoms with Gasteiger partial charge in [-0.3, -0.25) is 14.8 Å². The molecule has 0 radical (unpaired) electrons. The molecule has 10 heteroatoms. The molecule has 3 N–H and O–H groups in total. The predicted octanol–water partition coefficient (Wildman–Crippen LogP) is 4.67. The van der Waals surface area contributed by atoms with E-state index in [0.29, 0.717) is 58.1 Å². The van der Waals surface area contributed by atoms with Gasteiger partial charge in [-0.2, -0.15) is 0 Å². The minimum Gasteiger partial charge on any atom is -0.493 e. The van der Waals surface area contributed by atoms with Gasteiger partial charge in [0.15, 0.2) is 11.5 Å². The van der Waals surface area contributed by atoms with Crippen LogP contribution in [0.5, 0.6) is 23.0 Å². The summed E-state index contributed by atoms with van der Waals surface area (Å²) in [6.45, 7) is 0. The third-order valence-corrected chi connectivity index (χ3v) is 6.44. The van der Waals surface area contributed by atoms with E-state index < -0.39 is 23.0 Å². The van der Waals surface area contributed by atoms with Crippen molar-refractivity contribution in [2.24, 2.45) is 5.41 Å². The normalized spacial score (nSPS) is 13.4. The van der Waals surface area contributed by atoms with E-state index in [-0.39, 0.29) is 0 Å². The largest absolute Gasteiger partial charge is 0.493 e. The number of anilines is 2. The van der Waals surface area contributed by atoms with E-state index in [9.17, 15) is 19.2 Å². The van der Waals surface area contributed by atoms with E-state index in [4.69, 9.17) is 14.2 Å². The molecule has 2 amide bonds. The summed E-state index contributed by atoms with van der Waals surface area (Å²) in [5, 5.41) is 16.3. The Labute approximate surface area is 217 Å². The molecule has 38 heavy (non-hydrogen) atoms. The quantitative estimate of drug-likeness (QED) is 0.178. The molecule has 0 atom stereocenters. The second-order valence-corrected chi connectivity index (χ2v) is 8.87. The first-order valence-electron chi connectivity index (χ1n) is 11.8. The topological polar surface area (TPSA) is 110 Å². The highest BCUT2D eigenvalue weighted by atomic mass is 19.1. The molecule has 194 valence electrons. The predicted molar refractivity (Wildman–Crippen MR) is 136 cm³/mol. The first-order chi connectivity index (χ1) is 18.3. The van der Waals surface area contributed by atoms with Crippen LogP contribution in [0.3, 0.4) is 0 Å². The minimum atomic E-state index is -1.16. The van der Waals surface area contributed by atoms with Crippen molar-refractivity contribution in [2.75, 3.05) is 24.9 Å². The fraction of sp³-hybridized carbons (Fsp3) is 0.179. The molecular formula is C28H25FN3O6+. The Morgan fingerprint density at radius 2 is 1.39 bits per heavy atom. The summed E-state index contributed by atoms with van der Waals surface area (Å²) in [7, 11) is 3.03. The van der Waals surface area contributed by atoms with Crippen molar-refractivity contribution < 1.29 is 38.1 Å². The molecule has 9 nitrogen and oxygen atoms in total. The Morgan fingerprint density at radius 1 is 0.842 bits per heavy atom. The number of nitrogens with zero attached hydrogens (tertiary/aromatic N) is 1. The van der Waals surface area contributed by atoms with Gasteiger partial charge in [0.25, 0.3) is 5.52 Å². The van der Waals surface area contributed by atoms with Crippen LogP contribution in [0.1, 0.15) is 12.8 Å². The zero-order valence-corrected chi connectivity index (χ0v) is 20.7. The van der Waals surface area contributed by atoms with Crippen LogP contribution in [-0.4, -0.2) is 31.2 Å². The van der Waals surface area contributed by atoms with Crippen molar-refractivity contribution in [3.8, 4) is 23.0 Å². The second-order valence-electron chi connectivity index (χ2n) is 8.87. The molecule has 1 fully saturated rings. The number of carbonyl (C=O) groups is 2. The van der Waals surface area contributed by atoms with Crippen LogP contribution in [0.15, 0.2) is 72.9 Å². The van der Waals surface area contributed by atoms with Crippen molar-refractivity contribution in [3.63, 3.8) is 0 Å². The minimum absolute atomic E-state index is 0.409. The molecule has 3 aromatic carbocycles. The lowest BCUT2D eigenvalue weighted by Gasteiger charge is -2.16. The van der Waals surface area contributed by atoms with Gasteiger partial charge in [-0.25, -0.2) is 4.39 Å². The number of nitrogens with one attached hydrogen (secondary N) is 2. The van der Waals surface area contributed by atoms with E-state index in [2.05, 4.69) is 10.6 Å². The zero-order valence-electron chi connectivity index (χ0n) is 20.7. The SMILES string of the molecule is COc1cc2c(Oc3ccc(NC(=O)C4(C(=O)Nc5ccc(F)cc5)CC4)cc3)cc[n+](O)c2cc1OC. The summed E-state index contributed by atoms with van der Waals surface area (Å²) in [6.07, 6.45) is 2.30. The molecular weight excluding hydrogens is 493 g/mol. The second kappa shape index (κ2) is 9.89. The fourth-order valence-corrected chi connectivity index (χ4v) is 4.10. The number of ether oxygens (including phenoxy) is 3. The highest BCUT2D eigenvalue weighted by Crippen LogP contribution is 2.47. The molecule has 1 aromatic heterocycles. The van der Waals surface area contributed by atoms with E-state index >= 15 is 0 Å². The monoisotopic (exact) mass is 518 g/mol. The Hall–Kier alpha value is -4.86. The van der Waals surface area contributed by atoms with Gasteiger partial charge in [0.1, 0.15) is 22.7 Å². The molecule has 5 rings (SSSR count). The number of benzene rings is 3. The third kappa shape index (κ3) is 4.75. The summed E-state index contributed by atoms with van der Waals surface area (Å²) in [5.41, 5.74) is 0.221. The molecule has 0 unspecified atom stereocenters. The Bertz CT molecular complexity index is 1520. The van der Waals surface area contributed by atoms with E-state index in [1.54, 1.807) is 42.5 Å². The molecule has 4 aromatic rings. The van der Waals surface area contributed by atoms with Gasteiger partial charge in [-0.1, -0.05) is 0 Å². The molecule has 0 aliphatic heterocycles. The molecule has 1 aliphatic carbocycles. The Morgan fingerprint density at radius 3 is 1.95 bits per heavy atom. The number of aromatic nitrogens is 1. The van der Waals surface area contributed by atoms with Gasteiger partial charge >= 0.3 is 0 Å². The molecule has 0 spiro atoms. The van der Waals surface area contributed by atoms with Crippen LogP contribution in [0.2, 0.25) is 0 Å². The number of hydrogen-bond donors (Lipinski definition) is 3. The van der Waals surface area contributed by atoms with Crippen LogP contribution in [0, 0.1) is 11.2 Å². The van der Waals surface area contributed by atoms with Crippen LogP contribution in [0.4, 0.5) is 15.8 Å². The molecule has 1 saturated carbocycles. The lowest BCUT2D eigenvalue weighted by molar-refractivity contribution is -0.884. The summed E-state index contributed by atoms with van der Waals surface area (Å²) < 4.78 is 30.8. The summed E-state index contributed by atoms with van der Waals surface area (Å²) in [4.78, 5) is 25.7. The third-order valence-electron chi connectivity index (χ3n) is 6.44. The zero-order chi connectivity index (χ0) is 26.9. The van der Waals surface area contributed by atoms with Gasteiger partial charge in [0.05, 0.1) is 31.7 Å². The molecule has 0 bridgehead atoms.